The van der Waals surface area contributed by atoms with E-state index in [4.69, 9.17) is 5.84 Å². The van der Waals surface area contributed by atoms with E-state index in [1.165, 1.54) is 23.7 Å². The molecule has 1 aromatic carbocycles. The fourth-order valence-electron chi connectivity index (χ4n) is 1.68. The summed E-state index contributed by atoms with van der Waals surface area (Å²) in [5.41, 5.74) is 4.27. The minimum Gasteiger partial charge on any atom is -0.313 e. The monoisotopic (exact) mass is 267 g/mol. The first-order chi connectivity index (χ1) is 8.69. The Morgan fingerprint density at radius 1 is 1.44 bits per heavy atom. The number of hydrogen-bond donors (Lipinski definition) is 2. The van der Waals surface area contributed by atoms with Crippen molar-refractivity contribution in [3.63, 3.8) is 0 Å². The zero-order valence-electron chi connectivity index (χ0n) is 9.93. The average molecular weight is 267 g/mol. The number of rotatable bonds is 5. The lowest BCUT2D eigenvalue weighted by Crippen LogP contribution is -2.19. The van der Waals surface area contributed by atoms with Gasteiger partial charge in [-0.25, -0.2) is 10.2 Å². The van der Waals surface area contributed by atoms with Gasteiger partial charge in [-0.05, 0) is 24.7 Å². The van der Waals surface area contributed by atoms with Crippen molar-refractivity contribution in [3.8, 4) is 0 Å². The number of hydrazine groups is 1. The molecule has 3 N–H and O–H groups in total. The molecule has 2 aromatic rings. The molecule has 0 unspecified atom stereocenters. The van der Waals surface area contributed by atoms with Gasteiger partial charge < -0.3 is 5.43 Å². The van der Waals surface area contributed by atoms with E-state index in [1.54, 1.807) is 6.07 Å². The summed E-state index contributed by atoms with van der Waals surface area (Å²) in [6, 6.07) is 6.55. The molecule has 7 heteroatoms. The molecule has 0 aliphatic heterocycles. The number of nitrogens with one attached hydrogen (secondary N) is 1. The third-order valence-electron chi connectivity index (χ3n) is 2.45. The molecular formula is C11H14FN5S. The molecule has 0 bridgehead atoms. The van der Waals surface area contributed by atoms with Gasteiger partial charge in [-0.3, -0.25) is 4.90 Å². The lowest BCUT2D eigenvalue weighted by Gasteiger charge is -2.15. The average Bonchev–Trinajstić information content (AvgIpc) is 2.76. The molecule has 0 radical (unpaired) electrons. The molecule has 18 heavy (non-hydrogen) atoms. The van der Waals surface area contributed by atoms with Gasteiger partial charge in [0.2, 0.25) is 0 Å². The molecule has 0 aliphatic rings. The molecule has 1 heterocycles. The summed E-state index contributed by atoms with van der Waals surface area (Å²) in [5, 5.41) is 4.75. The van der Waals surface area contributed by atoms with Crippen molar-refractivity contribution in [1.82, 2.24) is 14.5 Å². The lowest BCUT2D eigenvalue weighted by atomic mass is 10.2. The number of halogens is 1. The molecule has 0 saturated heterocycles. The molecule has 96 valence electrons. The number of nitrogen functional groups attached to an aromatic ring is 1. The van der Waals surface area contributed by atoms with Crippen molar-refractivity contribution in [3.05, 3.63) is 41.3 Å². The molecule has 2 rings (SSSR count). The van der Waals surface area contributed by atoms with Crippen LogP contribution in [0.4, 0.5) is 9.39 Å². The van der Waals surface area contributed by atoms with Crippen molar-refractivity contribution in [1.29, 1.82) is 0 Å². The Hall–Kier alpha value is -1.57. The van der Waals surface area contributed by atoms with E-state index in [0.29, 0.717) is 13.1 Å². The van der Waals surface area contributed by atoms with Gasteiger partial charge in [-0.2, -0.15) is 0 Å². The third kappa shape index (κ3) is 3.22. The van der Waals surface area contributed by atoms with E-state index in [2.05, 4.69) is 15.0 Å². The Labute approximate surface area is 109 Å². The van der Waals surface area contributed by atoms with Crippen molar-refractivity contribution in [2.45, 2.75) is 13.1 Å². The second-order valence-electron chi connectivity index (χ2n) is 4.00. The molecule has 0 amide bonds. The number of benzene rings is 1. The van der Waals surface area contributed by atoms with Gasteiger partial charge in [0.25, 0.3) is 0 Å². The normalized spacial score (nSPS) is 10.9. The SMILES string of the molecule is CN(Cc1cccc(F)c1)Cc1nnsc1NN. The predicted octanol–water partition coefficient (Wildman–Crippen LogP) is 1.59. The van der Waals surface area contributed by atoms with Crippen LogP contribution in [0.5, 0.6) is 0 Å². The highest BCUT2D eigenvalue weighted by molar-refractivity contribution is 7.10. The topological polar surface area (TPSA) is 67.1 Å². The van der Waals surface area contributed by atoms with Crippen LogP contribution in [0.25, 0.3) is 0 Å². The molecular weight excluding hydrogens is 253 g/mol. The molecule has 0 aliphatic carbocycles. The molecule has 0 atom stereocenters. The molecule has 0 saturated carbocycles. The van der Waals surface area contributed by atoms with Gasteiger partial charge >= 0.3 is 0 Å². The maximum Gasteiger partial charge on any atom is 0.148 e. The zero-order valence-corrected chi connectivity index (χ0v) is 10.7. The Morgan fingerprint density at radius 3 is 3.00 bits per heavy atom. The summed E-state index contributed by atoms with van der Waals surface area (Å²) in [6.07, 6.45) is 0. The minimum absolute atomic E-state index is 0.222. The Balaban J connectivity index is 1.98. The Morgan fingerprint density at radius 2 is 2.28 bits per heavy atom. The highest BCUT2D eigenvalue weighted by Crippen LogP contribution is 2.18. The van der Waals surface area contributed by atoms with Crippen LogP contribution in [0.3, 0.4) is 0 Å². The quantitative estimate of drug-likeness (QED) is 0.636. The minimum atomic E-state index is -0.222. The van der Waals surface area contributed by atoms with Crippen molar-refractivity contribution < 1.29 is 4.39 Å². The van der Waals surface area contributed by atoms with Crippen LogP contribution in [-0.4, -0.2) is 21.5 Å². The van der Waals surface area contributed by atoms with E-state index in [1.807, 2.05) is 18.0 Å². The zero-order chi connectivity index (χ0) is 13.0. The smallest absolute Gasteiger partial charge is 0.148 e. The lowest BCUT2D eigenvalue weighted by molar-refractivity contribution is 0.315. The highest BCUT2D eigenvalue weighted by atomic mass is 32.1. The van der Waals surface area contributed by atoms with Crippen LogP contribution < -0.4 is 11.3 Å². The molecule has 5 nitrogen and oxygen atoms in total. The van der Waals surface area contributed by atoms with Gasteiger partial charge in [0.1, 0.15) is 16.5 Å². The number of nitrogens with zero attached hydrogens (tertiary/aromatic N) is 3. The summed E-state index contributed by atoms with van der Waals surface area (Å²) in [5.74, 6) is 5.13. The van der Waals surface area contributed by atoms with Crippen molar-refractivity contribution in [2.24, 2.45) is 5.84 Å². The third-order valence-corrected chi connectivity index (χ3v) is 3.15. The summed E-state index contributed by atoms with van der Waals surface area (Å²) in [4.78, 5) is 2.02. The summed E-state index contributed by atoms with van der Waals surface area (Å²) < 4.78 is 16.9. The first-order valence-electron chi connectivity index (χ1n) is 5.40. The predicted molar refractivity (Wildman–Crippen MR) is 69.3 cm³/mol. The fraction of sp³-hybridized carbons (Fsp3) is 0.273. The standard InChI is InChI=1S/C11H14FN5S/c1-17(6-8-3-2-4-9(12)5-8)7-10-11(14-13)18-16-15-10/h2-5,14H,6-7,13H2,1H3. The van der Waals surface area contributed by atoms with Gasteiger partial charge in [0, 0.05) is 24.6 Å². The van der Waals surface area contributed by atoms with Crippen molar-refractivity contribution in [2.75, 3.05) is 12.5 Å². The van der Waals surface area contributed by atoms with E-state index in [9.17, 15) is 4.39 Å². The Kier molecular flexibility index (Phi) is 4.19. The highest BCUT2D eigenvalue weighted by Gasteiger charge is 2.10. The molecule has 0 spiro atoms. The van der Waals surface area contributed by atoms with Crippen LogP contribution in [0.1, 0.15) is 11.3 Å². The summed E-state index contributed by atoms with van der Waals surface area (Å²) in [7, 11) is 1.94. The fourth-order valence-corrected chi connectivity index (χ4v) is 2.16. The number of anilines is 1. The number of aromatic nitrogens is 2. The van der Waals surface area contributed by atoms with Gasteiger partial charge in [-0.1, -0.05) is 16.6 Å². The van der Waals surface area contributed by atoms with E-state index < -0.39 is 0 Å². The summed E-state index contributed by atoms with van der Waals surface area (Å²) in [6.45, 7) is 1.24. The first-order valence-corrected chi connectivity index (χ1v) is 6.17. The van der Waals surface area contributed by atoms with Gasteiger partial charge in [0.05, 0.1) is 0 Å². The number of hydrogen-bond acceptors (Lipinski definition) is 6. The Bertz CT molecular complexity index is 516. The molecule has 0 fully saturated rings. The first kappa shape index (κ1) is 12.9. The van der Waals surface area contributed by atoms with Gasteiger partial charge in [0.15, 0.2) is 0 Å². The number of nitrogens with two attached hydrogens (primary N) is 1. The van der Waals surface area contributed by atoms with Crippen LogP contribution in [0, 0.1) is 5.82 Å². The maximum atomic E-state index is 13.0. The second kappa shape index (κ2) is 5.85. The van der Waals surface area contributed by atoms with Crippen LogP contribution in [0.2, 0.25) is 0 Å². The second-order valence-corrected chi connectivity index (χ2v) is 4.75. The van der Waals surface area contributed by atoms with Crippen LogP contribution >= 0.6 is 11.5 Å². The summed E-state index contributed by atoms with van der Waals surface area (Å²) >= 11 is 1.22. The largest absolute Gasteiger partial charge is 0.313 e. The van der Waals surface area contributed by atoms with Gasteiger partial charge in [-0.15, -0.1) is 5.10 Å². The van der Waals surface area contributed by atoms with Crippen LogP contribution in [-0.2, 0) is 13.1 Å². The van der Waals surface area contributed by atoms with E-state index in [-0.39, 0.29) is 5.82 Å². The van der Waals surface area contributed by atoms with Crippen LogP contribution in [0.15, 0.2) is 24.3 Å². The van der Waals surface area contributed by atoms with Crippen molar-refractivity contribution >= 4 is 16.5 Å². The van der Waals surface area contributed by atoms with E-state index in [0.717, 1.165) is 16.3 Å². The maximum absolute atomic E-state index is 13.0. The molecule has 1 aromatic heterocycles. The van der Waals surface area contributed by atoms with E-state index >= 15 is 0 Å².